The van der Waals surface area contributed by atoms with Crippen LogP contribution in [0.2, 0.25) is 0 Å². The predicted octanol–water partition coefficient (Wildman–Crippen LogP) is 2.05. The van der Waals surface area contributed by atoms with Gasteiger partial charge < -0.3 is 14.4 Å². The van der Waals surface area contributed by atoms with Crippen molar-refractivity contribution in [1.29, 1.82) is 0 Å². The van der Waals surface area contributed by atoms with E-state index in [1.807, 2.05) is 11.0 Å². The molecule has 4 heteroatoms. The normalized spacial score (nSPS) is 22.0. The molecule has 2 aliphatic rings. The van der Waals surface area contributed by atoms with E-state index in [-0.39, 0.29) is 12.0 Å². The van der Waals surface area contributed by atoms with Crippen LogP contribution in [0.1, 0.15) is 34.3 Å². The minimum atomic E-state index is -0.00896. The maximum atomic E-state index is 12.7. The molecule has 1 aromatic rings. The molecule has 1 aliphatic heterocycles. The number of hydrogen-bond acceptors (Lipinski definition) is 3. The summed E-state index contributed by atoms with van der Waals surface area (Å²) in [5, 5.41) is 0. The van der Waals surface area contributed by atoms with Crippen molar-refractivity contribution < 1.29 is 14.3 Å². The molecule has 1 aliphatic carbocycles. The first-order chi connectivity index (χ1) is 10.3. The van der Waals surface area contributed by atoms with E-state index in [0.717, 1.165) is 18.4 Å². The topological polar surface area (TPSA) is 38.8 Å². The molecule has 1 fully saturated rings. The molecule has 0 radical (unpaired) electrons. The molecule has 1 heterocycles. The summed E-state index contributed by atoms with van der Waals surface area (Å²) in [4.78, 5) is 14.6. The number of rotatable bonds is 3. The van der Waals surface area contributed by atoms with Crippen molar-refractivity contribution in [3.63, 3.8) is 0 Å². The summed E-state index contributed by atoms with van der Waals surface area (Å²) in [5.74, 6) is 0.118. The second-order valence-corrected chi connectivity index (χ2v) is 5.89. The summed E-state index contributed by atoms with van der Waals surface area (Å²) in [5.41, 5.74) is 3.58. The average molecular weight is 289 g/mol. The Bertz CT molecular complexity index is 513. The Kier molecular flexibility index (Phi) is 4.56. The number of aryl methyl sites for hydroxylation is 2. The van der Waals surface area contributed by atoms with Crippen LogP contribution in [-0.4, -0.2) is 50.3 Å². The van der Waals surface area contributed by atoms with Gasteiger partial charge in [-0.25, -0.2) is 0 Å². The zero-order valence-corrected chi connectivity index (χ0v) is 12.6. The molecule has 1 aromatic carbocycles. The predicted molar refractivity (Wildman–Crippen MR) is 80.6 cm³/mol. The third-order valence-electron chi connectivity index (χ3n) is 4.37. The van der Waals surface area contributed by atoms with Crippen molar-refractivity contribution >= 4 is 5.91 Å². The number of ether oxygens (including phenoxy) is 2. The van der Waals surface area contributed by atoms with Crippen LogP contribution in [0.5, 0.6) is 0 Å². The highest BCUT2D eigenvalue weighted by Crippen LogP contribution is 2.23. The molecule has 21 heavy (non-hydrogen) atoms. The number of amides is 1. The van der Waals surface area contributed by atoms with Gasteiger partial charge in [0.05, 0.1) is 19.3 Å². The third-order valence-corrected chi connectivity index (χ3v) is 4.37. The SMILES string of the molecule is COCC1CN(C(=O)c2ccc3c(c2)CCCC3)CCO1. The minimum absolute atomic E-state index is 0.00896. The first-order valence-electron chi connectivity index (χ1n) is 7.79. The monoisotopic (exact) mass is 289 g/mol. The Labute approximate surface area is 126 Å². The van der Waals surface area contributed by atoms with Crippen molar-refractivity contribution in [1.82, 2.24) is 4.90 Å². The summed E-state index contributed by atoms with van der Waals surface area (Å²) < 4.78 is 10.7. The molecule has 4 nitrogen and oxygen atoms in total. The van der Waals surface area contributed by atoms with Crippen molar-refractivity contribution in [2.24, 2.45) is 0 Å². The number of carbonyl (C=O) groups is 1. The van der Waals surface area contributed by atoms with Crippen molar-refractivity contribution in [2.75, 3.05) is 33.4 Å². The zero-order valence-electron chi connectivity index (χ0n) is 12.6. The highest BCUT2D eigenvalue weighted by molar-refractivity contribution is 5.94. The van der Waals surface area contributed by atoms with Gasteiger partial charge in [0.25, 0.3) is 5.91 Å². The Morgan fingerprint density at radius 2 is 2.14 bits per heavy atom. The van der Waals surface area contributed by atoms with Gasteiger partial charge >= 0.3 is 0 Å². The van der Waals surface area contributed by atoms with Crippen molar-refractivity contribution in [2.45, 2.75) is 31.8 Å². The van der Waals surface area contributed by atoms with Crippen molar-refractivity contribution in [3.05, 3.63) is 34.9 Å². The summed E-state index contributed by atoms with van der Waals surface area (Å²) in [7, 11) is 1.66. The zero-order chi connectivity index (χ0) is 14.7. The summed E-state index contributed by atoms with van der Waals surface area (Å²) in [6, 6.07) is 6.21. The molecule has 1 amide bonds. The van der Waals surface area contributed by atoms with E-state index >= 15 is 0 Å². The average Bonchev–Trinajstić information content (AvgIpc) is 2.54. The molecule has 1 unspecified atom stereocenters. The lowest BCUT2D eigenvalue weighted by molar-refractivity contribution is -0.0531. The number of carbonyl (C=O) groups excluding carboxylic acids is 1. The van der Waals surface area contributed by atoms with E-state index in [1.54, 1.807) is 7.11 Å². The lowest BCUT2D eigenvalue weighted by Crippen LogP contribution is -2.47. The lowest BCUT2D eigenvalue weighted by atomic mass is 9.90. The van der Waals surface area contributed by atoms with E-state index in [2.05, 4.69) is 12.1 Å². The maximum absolute atomic E-state index is 12.7. The van der Waals surface area contributed by atoms with Crippen molar-refractivity contribution in [3.8, 4) is 0 Å². The molecular formula is C17H23NO3. The fourth-order valence-electron chi connectivity index (χ4n) is 3.24. The Morgan fingerprint density at radius 1 is 1.33 bits per heavy atom. The van der Waals surface area contributed by atoms with Crippen LogP contribution in [0.15, 0.2) is 18.2 Å². The molecule has 3 rings (SSSR count). The Morgan fingerprint density at radius 3 is 2.95 bits per heavy atom. The van der Waals surface area contributed by atoms with Crippen LogP contribution in [0.3, 0.4) is 0 Å². The van der Waals surface area contributed by atoms with Gasteiger partial charge in [-0.05, 0) is 48.9 Å². The quantitative estimate of drug-likeness (QED) is 0.855. The van der Waals surface area contributed by atoms with Crippen LogP contribution in [-0.2, 0) is 22.3 Å². The molecule has 114 valence electrons. The van der Waals surface area contributed by atoms with E-state index in [4.69, 9.17) is 9.47 Å². The second kappa shape index (κ2) is 6.58. The number of hydrogen-bond donors (Lipinski definition) is 0. The van der Waals surface area contributed by atoms with Crippen LogP contribution in [0, 0.1) is 0 Å². The Balaban J connectivity index is 1.72. The molecule has 0 saturated carbocycles. The van der Waals surface area contributed by atoms with Gasteiger partial charge in [-0.2, -0.15) is 0 Å². The summed E-state index contributed by atoms with van der Waals surface area (Å²) in [6.07, 6.45) is 4.74. The van der Waals surface area contributed by atoms with Crippen LogP contribution < -0.4 is 0 Å². The third kappa shape index (κ3) is 3.27. The van der Waals surface area contributed by atoms with Crippen LogP contribution in [0.25, 0.3) is 0 Å². The van der Waals surface area contributed by atoms with E-state index in [1.165, 1.54) is 24.0 Å². The van der Waals surface area contributed by atoms with Crippen LogP contribution >= 0.6 is 0 Å². The molecule has 0 aromatic heterocycles. The fraction of sp³-hybridized carbons (Fsp3) is 0.588. The second-order valence-electron chi connectivity index (χ2n) is 5.89. The lowest BCUT2D eigenvalue weighted by Gasteiger charge is -2.33. The molecule has 0 spiro atoms. The summed E-state index contributed by atoms with van der Waals surface area (Å²) >= 11 is 0. The standard InChI is InChI=1S/C17H23NO3/c1-20-12-16-11-18(8-9-21-16)17(19)15-7-6-13-4-2-3-5-14(13)10-15/h6-7,10,16H,2-5,8-9,11-12H2,1H3. The van der Waals surface area contributed by atoms with Gasteiger partial charge in [0.15, 0.2) is 0 Å². The number of nitrogens with zero attached hydrogens (tertiary/aromatic N) is 1. The summed E-state index contributed by atoms with van der Waals surface area (Å²) in [6.45, 7) is 2.40. The van der Waals surface area contributed by atoms with Gasteiger partial charge in [-0.3, -0.25) is 4.79 Å². The van der Waals surface area contributed by atoms with Gasteiger partial charge in [0.2, 0.25) is 0 Å². The van der Waals surface area contributed by atoms with Gasteiger partial charge in [0.1, 0.15) is 0 Å². The Hall–Kier alpha value is -1.39. The molecule has 1 atom stereocenters. The minimum Gasteiger partial charge on any atom is -0.382 e. The molecular weight excluding hydrogens is 266 g/mol. The number of benzene rings is 1. The number of fused-ring (bicyclic) bond motifs is 1. The van der Waals surface area contributed by atoms with Gasteiger partial charge in [0, 0.05) is 25.8 Å². The van der Waals surface area contributed by atoms with Gasteiger partial charge in [-0.1, -0.05) is 6.07 Å². The largest absolute Gasteiger partial charge is 0.382 e. The first kappa shape index (κ1) is 14.5. The number of morpholine rings is 1. The smallest absolute Gasteiger partial charge is 0.254 e. The highest BCUT2D eigenvalue weighted by atomic mass is 16.5. The molecule has 1 saturated heterocycles. The molecule has 0 N–H and O–H groups in total. The van der Waals surface area contributed by atoms with Gasteiger partial charge in [-0.15, -0.1) is 0 Å². The maximum Gasteiger partial charge on any atom is 0.254 e. The first-order valence-corrected chi connectivity index (χ1v) is 7.79. The highest BCUT2D eigenvalue weighted by Gasteiger charge is 2.25. The van der Waals surface area contributed by atoms with E-state index < -0.39 is 0 Å². The fourth-order valence-corrected chi connectivity index (χ4v) is 3.24. The van der Waals surface area contributed by atoms with Crippen LogP contribution in [0.4, 0.5) is 0 Å². The van der Waals surface area contributed by atoms with E-state index in [9.17, 15) is 4.79 Å². The molecule has 0 bridgehead atoms. The number of methoxy groups -OCH3 is 1. The van der Waals surface area contributed by atoms with E-state index in [0.29, 0.717) is 26.3 Å².